The molecule has 6 aliphatic rings. The maximum absolute atomic E-state index is 13.3. The third-order valence-corrected chi connectivity index (χ3v) is 8.87. The second-order valence-corrected chi connectivity index (χ2v) is 10.7. The summed E-state index contributed by atoms with van der Waals surface area (Å²) in [5, 5.41) is 3.82. The SMILES string of the molecule is O=C(Nc1ccc(Cl)cc1Cl)C1CCC(N2C(=O)[C@@H]3[C@H]4C=C[C@@H]([C@@H]5C[C@@H]45)[C@H]3C2=O)CC1. The van der Waals surface area contributed by atoms with Crippen molar-refractivity contribution < 1.29 is 14.4 Å². The number of amides is 3. The molecule has 1 aliphatic heterocycles. The molecule has 3 saturated carbocycles. The minimum atomic E-state index is -0.149. The Morgan fingerprint density at radius 2 is 1.55 bits per heavy atom. The van der Waals surface area contributed by atoms with Gasteiger partial charge in [0.25, 0.3) is 0 Å². The Morgan fingerprint density at radius 1 is 0.935 bits per heavy atom. The van der Waals surface area contributed by atoms with Crippen molar-refractivity contribution in [3.05, 3.63) is 40.4 Å². The first kappa shape index (κ1) is 19.8. The van der Waals surface area contributed by atoms with Gasteiger partial charge in [0.1, 0.15) is 0 Å². The monoisotopic (exact) mass is 458 g/mol. The van der Waals surface area contributed by atoms with Crippen LogP contribution in [-0.4, -0.2) is 28.7 Å². The highest BCUT2D eigenvalue weighted by atomic mass is 35.5. The third-order valence-electron chi connectivity index (χ3n) is 8.32. The van der Waals surface area contributed by atoms with E-state index in [-0.39, 0.29) is 53.4 Å². The van der Waals surface area contributed by atoms with E-state index in [4.69, 9.17) is 23.2 Å². The minimum Gasteiger partial charge on any atom is -0.325 e. The van der Waals surface area contributed by atoms with Crippen LogP contribution in [0, 0.1) is 41.4 Å². The lowest BCUT2D eigenvalue weighted by Gasteiger charge is -2.37. The zero-order chi connectivity index (χ0) is 21.4. The van der Waals surface area contributed by atoms with Gasteiger partial charge in [-0.2, -0.15) is 0 Å². The molecule has 5 aliphatic carbocycles. The molecule has 1 saturated heterocycles. The van der Waals surface area contributed by atoms with Gasteiger partial charge in [0.2, 0.25) is 17.7 Å². The highest BCUT2D eigenvalue weighted by Crippen LogP contribution is 2.65. The van der Waals surface area contributed by atoms with Gasteiger partial charge < -0.3 is 5.32 Å². The first-order chi connectivity index (χ1) is 14.9. The summed E-state index contributed by atoms with van der Waals surface area (Å²) in [5.74, 6) is 1.33. The Morgan fingerprint density at radius 3 is 2.13 bits per heavy atom. The van der Waals surface area contributed by atoms with E-state index >= 15 is 0 Å². The van der Waals surface area contributed by atoms with Gasteiger partial charge in [-0.15, -0.1) is 0 Å². The molecule has 0 aromatic heterocycles. The molecule has 0 radical (unpaired) electrons. The third kappa shape index (κ3) is 3.00. The number of benzene rings is 1. The van der Waals surface area contributed by atoms with Crippen molar-refractivity contribution in [2.45, 2.75) is 38.1 Å². The molecule has 4 fully saturated rings. The van der Waals surface area contributed by atoms with Gasteiger partial charge >= 0.3 is 0 Å². The lowest BCUT2D eigenvalue weighted by Crippen LogP contribution is -2.44. The first-order valence-electron chi connectivity index (χ1n) is 11.2. The zero-order valence-electron chi connectivity index (χ0n) is 17.0. The molecule has 1 aromatic rings. The van der Waals surface area contributed by atoms with Crippen molar-refractivity contribution >= 4 is 46.6 Å². The summed E-state index contributed by atoms with van der Waals surface area (Å²) in [6.07, 6.45) is 8.26. The van der Waals surface area contributed by atoms with Crippen molar-refractivity contribution in [1.82, 2.24) is 4.90 Å². The van der Waals surface area contributed by atoms with Crippen LogP contribution in [0.15, 0.2) is 30.4 Å². The lowest BCUT2D eigenvalue weighted by atomic mass is 9.63. The number of rotatable bonds is 3. The standard InChI is InChI=1S/C24H24Cl2N2O3/c25-12-3-8-19(18(26)9-12)27-22(29)11-1-4-13(5-2-11)28-23(30)20-14-6-7-15(17-10-16(14)17)21(20)24(28)31/h3,6-9,11,13-17,20-21H,1-2,4-5,10H2,(H,27,29)/t11?,13?,14-,15-,16-,17-,20+,21+/m0/s1. The van der Waals surface area contributed by atoms with Gasteiger partial charge in [-0.05, 0) is 74.0 Å². The fraction of sp³-hybridized carbons (Fsp3) is 0.542. The van der Waals surface area contributed by atoms with Crippen LogP contribution in [0.1, 0.15) is 32.1 Å². The average molecular weight is 459 g/mol. The molecule has 0 unspecified atom stereocenters. The van der Waals surface area contributed by atoms with E-state index in [9.17, 15) is 14.4 Å². The Labute approximate surface area is 191 Å². The fourth-order valence-corrected chi connectivity index (χ4v) is 7.22. The number of carbonyl (C=O) groups excluding carboxylic acids is 3. The van der Waals surface area contributed by atoms with E-state index in [0.29, 0.717) is 53.3 Å². The number of likely N-dealkylation sites (tertiary alicyclic amines) is 1. The van der Waals surface area contributed by atoms with Gasteiger partial charge in [-0.3, -0.25) is 19.3 Å². The molecule has 6 atom stereocenters. The molecule has 162 valence electrons. The second-order valence-electron chi connectivity index (χ2n) is 9.82. The number of anilines is 1. The van der Waals surface area contributed by atoms with Crippen molar-refractivity contribution in [2.24, 2.45) is 41.4 Å². The number of allylic oxidation sites excluding steroid dienone is 2. The molecule has 1 heterocycles. The smallest absolute Gasteiger partial charge is 0.233 e. The van der Waals surface area contributed by atoms with Crippen molar-refractivity contribution in [2.75, 3.05) is 5.32 Å². The summed E-state index contributed by atoms with van der Waals surface area (Å²) in [5.41, 5.74) is 0.550. The Kier molecular flexibility index (Phi) is 4.52. The van der Waals surface area contributed by atoms with Gasteiger partial charge in [-0.1, -0.05) is 35.4 Å². The summed E-state index contributed by atoms with van der Waals surface area (Å²) < 4.78 is 0. The molecule has 5 nitrogen and oxygen atoms in total. The van der Waals surface area contributed by atoms with Crippen LogP contribution in [0.2, 0.25) is 10.0 Å². The number of halogens is 2. The maximum atomic E-state index is 13.3. The molecule has 0 spiro atoms. The number of nitrogens with one attached hydrogen (secondary N) is 1. The lowest BCUT2D eigenvalue weighted by molar-refractivity contribution is -0.144. The van der Waals surface area contributed by atoms with Crippen LogP contribution in [-0.2, 0) is 14.4 Å². The number of carbonyl (C=O) groups is 3. The number of hydrogen-bond acceptors (Lipinski definition) is 3. The molecule has 3 amide bonds. The van der Waals surface area contributed by atoms with Gasteiger partial charge in [0.15, 0.2) is 0 Å². The van der Waals surface area contributed by atoms with Crippen LogP contribution in [0.3, 0.4) is 0 Å². The van der Waals surface area contributed by atoms with E-state index in [1.807, 2.05) is 0 Å². The van der Waals surface area contributed by atoms with Gasteiger partial charge in [0.05, 0.1) is 22.5 Å². The first-order valence-corrected chi connectivity index (χ1v) is 12.0. The van der Waals surface area contributed by atoms with E-state index in [2.05, 4.69) is 17.5 Å². The molecule has 2 bridgehead atoms. The van der Waals surface area contributed by atoms with Crippen LogP contribution in [0.4, 0.5) is 5.69 Å². The topological polar surface area (TPSA) is 66.5 Å². The van der Waals surface area contributed by atoms with E-state index in [1.54, 1.807) is 23.1 Å². The maximum Gasteiger partial charge on any atom is 0.233 e. The molecule has 31 heavy (non-hydrogen) atoms. The Bertz CT molecular complexity index is 980. The fourth-order valence-electron chi connectivity index (χ4n) is 6.76. The van der Waals surface area contributed by atoms with Crippen LogP contribution < -0.4 is 5.32 Å². The molecular weight excluding hydrogens is 435 g/mol. The summed E-state index contributed by atoms with van der Waals surface area (Å²) in [6, 6.07) is 4.91. The van der Waals surface area contributed by atoms with E-state index in [0.717, 1.165) is 0 Å². The van der Waals surface area contributed by atoms with Crippen LogP contribution in [0.25, 0.3) is 0 Å². The molecule has 1 aromatic carbocycles. The zero-order valence-corrected chi connectivity index (χ0v) is 18.5. The van der Waals surface area contributed by atoms with Gasteiger partial charge in [0, 0.05) is 17.0 Å². The summed E-state index contributed by atoms with van der Waals surface area (Å²) in [4.78, 5) is 40.9. The Hall–Kier alpha value is -1.85. The summed E-state index contributed by atoms with van der Waals surface area (Å²) in [7, 11) is 0. The van der Waals surface area contributed by atoms with Crippen molar-refractivity contribution in [3.63, 3.8) is 0 Å². The molecule has 1 N–H and O–H groups in total. The highest BCUT2D eigenvalue weighted by Gasteiger charge is 2.67. The molecule has 7 rings (SSSR count). The number of imide groups is 1. The predicted molar refractivity (Wildman–Crippen MR) is 117 cm³/mol. The minimum absolute atomic E-state index is 0.0422. The van der Waals surface area contributed by atoms with Gasteiger partial charge in [-0.25, -0.2) is 0 Å². The largest absolute Gasteiger partial charge is 0.325 e. The highest BCUT2D eigenvalue weighted by molar-refractivity contribution is 6.36. The normalized spacial score (nSPS) is 40.0. The summed E-state index contributed by atoms with van der Waals surface area (Å²) >= 11 is 12.1. The predicted octanol–water partition coefficient (Wildman–Crippen LogP) is 4.54. The van der Waals surface area contributed by atoms with Crippen LogP contribution >= 0.6 is 23.2 Å². The summed E-state index contributed by atoms with van der Waals surface area (Å²) in [6.45, 7) is 0. The van der Waals surface area contributed by atoms with Crippen molar-refractivity contribution in [3.8, 4) is 0 Å². The number of nitrogens with zero attached hydrogens (tertiary/aromatic N) is 1. The van der Waals surface area contributed by atoms with Crippen molar-refractivity contribution in [1.29, 1.82) is 0 Å². The Balaban J connectivity index is 1.11. The second kappa shape index (κ2) is 7.08. The quantitative estimate of drug-likeness (QED) is 0.533. The van der Waals surface area contributed by atoms with E-state index in [1.165, 1.54) is 6.42 Å². The molecule has 7 heteroatoms. The number of hydrogen-bond donors (Lipinski definition) is 1. The average Bonchev–Trinajstić information content (AvgIpc) is 3.54. The molecular formula is C24H24Cl2N2O3. The van der Waals surface area contributed by atoms with E-state index < -0.39 is 0 Å². The van der Waals surface area contributed by atoms with Crippen LogP contribution in [0.5, 0.6) is 0 Å².